The first kappa shape index (κ1) is 93.8. The molecule has 0 saturated carbocycles. The van der Waals surface area contributed by atoms with E-state index in [-0.39, 0.29) is 51.7 Å². The number of aryl methyl sites for hydroxylation is 2. The van der Waals surface area contributed by atoms with Crippen molar-refractivity contribution in [1.82, 2.24) is 15.0 Å². The Morgan fingerprint density at radius 2 is 0.377 bits per heavy atom. The van der Waals surface area contributed by atoms with Crippen LogP contribution in [0.5, 0.6) is 0 Å². The Bertz CT molecular complexity index is 5060. The number of nitrogens with zero attached hydrogens (tertiary/aromatic N) is 5. The van der Waals surface area contributed by atoms with Gasteiger partial charge in [0.1, 0.15) is 0 Å². The van der Waals surface area contributed by atoms with E-state index >= 15 is 0 Å². The molecule has 0 aliphatic carbocycles. The van der Waals surface area contributed by atoms with Gasteiger partial charge in [-0.1, -0.05) is 345 Å². The van der Waals surface area contributed by atoms with Crippen molar-refractivity contribution in [2.75, 3.05) is 0 Å². The van der Waals surface area contributed by atoms with Crippen molar-refractivity contribution in [2.45, 2.75) is 25.9 Å². The molecular weight excluding hydrogens is 1810 g/mol. The van der Waals surface area contributed by atoms with Crippen molar-refractivity contribution in [1.29, 1.82) is 0 Å². The summed E-state index contributed by atoms with van der Waals surface area (Å²) in [4.78, 5) is 14.5. The van der Waals surface area contributed by atoms with Gasteiger partial charge in [0, 0.05) is 11.3 Å². The van der Waals surface area contributed by atoms with E-state index in [1.165, 1.54) is 55.6 Å². The fourth-order valence-electron chi connectivity index (χ4n) is 12.1. The van der Waals surface area contributed by atoms with Gasteiger partial charge >= 0.3 is 51.7 Å². The van der Waals surface area contributed by atoms with Gasteiger partial charge in [-0.05, 0) is 111 Å². The molecule has 3 heterocycles. The van der Waals surface area contributed by atoms with Crippen LogP contribution >= 0.6 is 0 Å². The molecule has 0 N–H and O–H groups in total. The van der Waals surface area contributed by atoms with Crippen LogP contribution in [0.25, 0.3) is 77.8 Å². The van der Waals surface area contributed by atoms with E-state index in [2.05, 4.69) is 277 Å². The van der Waals surface area contributed by atoms with Gasteiger partial charge < -0.3 is 20.6 Å². The molecule has 5 nitrogen and oxygen atoms in total. The number of hydrogen-bond acceptors (Lipinski definition) is 3. The zero-order valence-corrected chi connectivity index (χ0v) is 76.3. The Balaban J connectivity index is 0.000000182. The smallest absolute Gasteiger partial charge is 0.461 e. The van der Waals surface area contributed by atoms with Gasteiger partial charge in [-0.15, -0.1) is 72.8 Å². The van der Waals surface area contributed by atoms with Gasteiger partial charge in [0.25, 0.3) is 0 Å². The Morgan fingerprint density at radius 3 is 0.623 bits per heavy atom. The van der Waals surface area contributed by atoms with Gasteiger partial charge in [0.15, 0.2) is 0 Å². The molecule has 0 aliphatic rings. The Morgan fingerprint density at radius 1 is 0.172 bits per heavy atom. The Kier molecular flexibility index (Phi) is 42.4. The SMILES string of the molecule is [CH2-]c1ccccc1.[CH2-]c1ccccc1.[CH2-]c1ccccc1.[CH2-]c1ccccc1.[CH2-]c1ccccc1.[CH2-]c1ccccc1.[Hf+4].[Hf+4].c1ccc(CCc2cccc(-c3ccccc3-c3ccccc3)n2)cc1.c1ccc(C[N-]c2cccc(-c3ccccc3-c3ccccc3)n2)cc1.c1ccc(C[N-]c2cccc(-c3ccccc3-c3ccccc3)n2)cc1. The predicted octanol–water partition coefficient (Wildman–Crippen LogP) is 30.7. The first-order chi connectivity index (χ1) is 59.1. The topological polar surface area (TPSA) is 66.9 Å². The Hall–Kier alpha value is -13.7. The third-order valence-electron chi connectivity index (χ3n) is 18.2. The number of pyridine rings is 3. The van der Waals surface area contributed by atoms with E-state index in [0.29, 0.717) is 13.1 Å². The van der Waals surface area contributed by atoms with Crippen LogP contribution < -0.4 is 0 Å². The molecule has 3 aromatic heterocycles. The summed E-state index contributed by atoms with van der Waals surface area (Å²) < 4.78 is 0. The maximum absolute atomic E-state index is 4.94. The summed E-state index contributed by atoms with van der Waals surface area (Å²) in [6.07, 6.45) is 1.96. The second-order valence-electron chi connectivity index (χ2n) is 27.5. The largest absolute Gasteiger partial charge is 4.00 e. The van der Waals surface area contributed by atoms with Gasteiger partial charge in [0.2, 0.25) is 0 Å². The molecule has 18 rings (SSSR count). The number of benzene rings is 15. The van der Waals surface area contributed by atoms with E-state index in [4.69, 9.17) is 15.0 Å². The molecule has 0 atom stereocenters. The van der Waals surface area contributed by atoms with Crippen LogP contribution in [0.4, 0.5) is 11.6 Å². The minimum atomic E-state index is 0. The molecule has 122 heavy (non-hydrogen) atoms. The van der Waals surface area contributed by atoms with Gasteiger partial charge in [-0.25, -0.2) is 0 Å². The van der Waals surface area contributed by atoms with Crippen LogP contribution in [0, 0.1) is 41.5 Å². The molecule has 0 unspecified atom stereocenters. The molecule has 7 heteroatoms. The van der Waals surface area contributed by atoms with Crippen LogP contribution in [0.2, 0.25) is 0 Å². The quantitative estimate of drug-likeness (QED) is 0.0759. The molecule has 594 valence electrons. The van der Waals surface area contributed by atoms with Crippen LogP contribution in [0.15, 0.2) is 491 Å². The maximum atomic E-state index is 4.94. The zero-order valence-electron chi connectivity index (χ0n) is 69.1. The van der Waals surface area contributed by atoms with Crippen molar-refractivity contribution in [2.24, 2.45) is 0 Å². The molecule has 0 radical (unpaired) electrons. The monoisotopic (exact) mass is 1910 g/mol. The molecule has 0 saturated heterocycles. The van der Waals surface area contributed by atoms with E-state index in [1.807, 2.05) is 267 Å². The van der Waals surface area contributed by atoms with E-state index in [1.54, 1.807) is 0 Å². The molecule has 0 fully saturated rings. The van der Waals surface area contributed by atoms with Crippen LogP contribution in [0.1, 0.15) is 55.8 Å². The number of rotatable bonds is 15. The third kappa shape index (κ3) is 34.7. The summed E-state index contributed by atoms with van der Waals surface area (Å²) in [5.74, 6) is 1.52. The van der Waals surface area contributed by atoms with Crippen molar-refractivity contribution in [3.63, 3.8) is 0 Å². The van der Waals surface area contributed by atoms with Gasteiger partial charge in [-0.2, -0.15) is 148 Å². The zero-order chi connectivity index (χ0) is 83.5. The second-order valence-corrected chi connectivity index (χ2v) is 27.5. The fourth-order valence-corrected chi connectivity index (χ4v) is 12.1. The molecule has 18 aromatic rings. The van der Waals surface area contributed by atoms with E-state index in [0.717, 1.165) is 91.8 Å². The number of aromatic nitrogens is 3. The van der Waals surface area contributed by atoms with Crippen molar-refractivity contribution in [3.8, 4) is 67.2 Å². The normalized spacial score (nSPS) is 9.67. The summed E-state index contributed by atoms with van der Waals surface area (Å²) in [7, 11) is 0. The molecule has 0 amide bonds. The first-order valence-corrected chi connectivity index (χ1v) is 40.1. The summed E-state index contributed by atoms with van der Waals surface area (Å²) in [5.41, 5.74) is 24.8. The van der Waals surface area contributed by atoms with E-state index < -0.39 is 0 Å². The van der Waals surface area contributed by atoms with Crippen molar-refractivity contribution in [3.05, 3.63) is 599 Å². The molecular formula is C115H101Hf2N5. The standard InChI is InChI=1S/C25H21N.2C24H19N2.6C7H7.2Hf/c1-3-10-20(11-4-1)18-19-22-14-9-17-25(26-22)24-16-8-7-15-23(24)21-12-5-2-6-13-21;2*1-3-10-19(11-4-1)18-25-24-17-9-16-23(26-24)22-15-8-7-14-21(22)20-12-5-2-6-13-20;6*1-7-5-3-2-4-6-7;;/h1-17H,18-19H2;2*1-17H,18H2;6*2-6H,1H2;;/q;8*-1;2*+4. The summed E-state index contributed by atoms with van der Waals surface area (Å²) >= 11 is 0. The first-order valence-electron chi connectivity index (χ1n) is 40.1. The minimum Gasteiger partial charge on any atom is -0.461 e. The average Bonchev–Trinajstić information content (AvgIpc) is 0.821. The number of hydrogen-bond donors (Lipinski definition) is 0. The van der Waals surface area contributed by atoms with E-state index in [9.17, 15) is 0 Å². The summed E-state index contributed by atoms with van der Waals surface area (Å²) in [6, 6.07) is 165. The summed E-state index contributed by atoms with van der Waals surface area (Å²) in [6.45, 7) is 23.6. The second kappa shape index (κ2) is 55.1. The molecule has 15 aromatic carbocycles. The fraction of sp³-hybridized carbons (Fsp3) is 0.0348. The van der Waals surface area contributed by atoms with Crippen LogP contribution in [-0.2, 0) is 77.6 Å². The predicted molar refractivity (Wildman–Crippen MR) is 511 cm³/mol. The van der Waals surface area contributed by atoms with Crippen LogP contribution in [-0.4, -0.2) is 15.0 Å². The third-order valence-corrected chi connectivity index (χ3v) is 18.2. The summed E-state index contributed by atoms with van der Waals surface area (Å²) in [5, 5.41) is 9.31. The molecule has 0 aliphatic heterocycles. The average molecular weight is 1910 g/mol. The molecule has 0 bridgehead atoms. The van der Waals surface area contributed by atoms with Crippen LogP contribution in [0.3, 0.4) is 0 Å². The Labute approximate surface area is 764 Å². The van der Waals surface area contributed by atoms with Gasteiger partial charge in [0.05, 0.1) is 5.69 Å². The maximum Gasteiger partial charge on any atom is 4.00 e. The van der Waals surface area contributed by atoms with Gasteiger partial charge in [-0.3, -0.25) is 4.98 Å². The van der Waals surface area contributed by atoms with Crippen molar-refractivity contribution < 1.29 is 51.7 Å². The molecule has 0 spiro atoms. The van der Waals surface area contributed by atoms with Crippen molar-refractivity contribution >= 4 is 11.6 Å². The minimum absolute atomic E-state index is 0.